The summed E-state index contributed by atoms with van der Waals surface area (Å²) < 4.78 is 15.9. The third-order valence-corrected chi connectivity index (χ3v) is 3.94. The van der Waals surface area contributed by atoms with E-state index in [9.17, 15) is 9.59 Å². The Kier molecular flexibility index (Phi) is 6.17. The summed E-state index contributed by atoms with van der Waals surface area (Å²) in [6, 6.07) is 15.7. The molecule has 0 aromatic heterocycles. The second-order valence-corrected chi connectivity index (χ2v) is 5.92. The molecule has 1 atom stereocenters. The second-order valence-electron chi connectivity index (χ2n) is 5.92. The highest BCUT2D eigenvalue weighted by molar-refractivity contribution is 5.90. The minimum Gasteiger partial charge on any atom is -0.459 e. The molecule has 0 amide bonds. The largest absolute Gasteiger partial charge is 0.459 e. The molecule has 1 unspecified atom stereocenters. The summed E-state index contributed by atoms with van der Waals surface area (Å²) in [5.74, 6) is -0.534. The van der Waals surface area contributed by atoms with Gasteiger partial charge in [0.1, 0.15) is 12.4 Å². The summed E-state index contributed by atoms with van der Waals surface area (Å²) in [5.41, 5.74) is 1.32. The van der Waals surface area contributed by atoms with Crippen LogP contribution in [0.15, 0.2) is 60.7 Å². The van der Waals surface area contributed by atoms with Gasteiger partial charge in [0.25, 0.3) is 0 Å². The van der Waals surface area contributed by atoms with Crippen LogP contribution in [-0.2, 0) is 14.3 Å². The first kappa shape index (κ1) is 17.9. The molecule has 0 saturated carbocycles. The molecular weight excluding hydrogens is 332 g/mol. The van der Waals surface area contributed by atoms with E-state index < -0.39 is 11.9 Å². The van der Waals surface area contributed by atoms with Crippen molar-refractivity contribution in [3.63, 3.8) is 0 Å². The zero-order valence-corrected chi connectivity index (χ0v) is 14.3. The first-order valence-electron chi connectivity index (χ1n) is 8.54. The fraction of sp³-hybridized carbons (Fsp3) is 0.238. The Bertz CT molecular complexity index is 759. The molecule has 0 bridgehead atoms. The second kappa shape index (κ2) is 8.97. The summed E-state index contributed by atoms with van der Waals surface area (Å²) >= 11 is 0. The van der Waals surface area contributed by atoms with Crippen LogP contribution in [0.4, 0.5) is 0 Å². The molecule has 0 N–H and O–H groups in total. The quantitative estimate of drug-likeness (QED) is 0.451. The maximum atomic E-state index is 12.0. The summed E-state index contributed by atoms with van der Waals surface area (Å²) in [5, 5.41) is 0. The predicted molar refractivity (Wildman–Crippen MR) is 96.8 cm³/mol. The Morgan fingerprint density at radius 3 is 2.54 bits per heavy atom. The Morgan fingerprint density at radius 2 is 1.85 bits per heavy atom. The van der Waals surface area contributed by atoms with Gasteiger partial charge in [-0.25, -0.2) is 9.59 Å². The average molecular weight is 352 g/mol. The van der Waals surface area contributed by atoms with Crippen LogP contribution < -0.4 is 4.74 Å². The number of esters is 2. The smallest absolute Gasteiger partial charge is 0.338 e. The van der Waals surface area contributed by atoms with Gasteiger partial charge in [-0.05, 0) is 48.7 Å². The maximum absolute atomic E-state index is 12.0. The number of rotatable bonds is 6. The molecular formula is C21H20O5. The van der Waals surface area contributed by atoms with Crippen LogP contribution in [0.1, 0.15) is 28.8 Å². The van der Waals surface area contributed by atoms with Crippen LogP contribution in [0.25, 0.3) is 6.08 Å². The van der Waals surface area contributed by atoms with Crippen molar-refractivity contribution >= 4 is 18.0 Å². The van der Waals surface area contributed by atoms with Crippen molar-refractivity contribution in [2.75, 3.05) is 13.2 Å². The molecule has 2 aromatic carbocycles. The fourth-order valence-electron chi connectivity index (χ4n) is 2.57. The maximum Gasteiger partial charge on any atom is 0.338 e. The molecule has 1 saturated heterocycles. The lowest BCUT2D eigenvalue weighted by Crippen LogP contribution is -2.17. The van der Waals surface area contributed by atoms with E-state index in [1.54, 1.807) is 30.3 Å². The van der Waals surface area contributed by atoms with E-state index >= 15 is 0 Å². The van der Waals surface area contributed by atoms with Gasteiger partial charge in [0.05, 0.1) is 11.7 Å². The summed E-state index contributed by atoms with van der Waals surface area (Å²) in [7, 11) is 0. The summed E-state index contributed by atoms with van der Waals surface area (Å²) in [4.78, 5) is 23.8. The predicted octanol–water partition coefficient (Wildman–Crippen LogP) is 3.64. The molecule has 2 aromatic rings. The average Bonchev–Trinajstić information content (AvgIpc) is 3.19. The van der Waals surface area contributed by atoms with Crippen LogP contribution in [0.5, 0.6) is 5.75 Å². The van der Waals surface area contributed by atoms with Gasteiger partial charge in [-0.1, -0.05) is 30.3 Å². The topological polar surface area (TPSA) is 61.8 Å². The number of carbonyl (C=O) groups is 2. The van der Waals surface area contributed by atoms with Gasteiger partial charge < -0.3 is 14.2 Å². The molecule has 1 heterocycles. The van der Waals surface area contributed by atoms with Crippen molar-refractivity contribution < 1.29 is 23.8 Å². The summed E-state index contributed by atoms with van der Waals surface area (Å²) in [6.07, 6.45) is 4.95. The number of benzene rings is 2. The van der Waals surface area contributed by atoms with Gasteiger partial charge in [-0.2, -0.15) is 0 Å². The molecule has 5 nitrogen and oxygen atoms in total. The Labute approximate surface area is 152 Å². The highest BCUT2D eigenvalue weighted by atomic mass is 16.6. The Balaban J connectivity index is 1.49. The van der Waals surface area contributed by atoms with Crippen LogP contribution in [0.2, 0.25) is 0 Å². The third kappa shape index (κ3) is 5.29. The molecule has 134 valence electrons. The first-order valence-corrected chi connectivity index (χ1v) is 8.54. The molecule has 26 heavy (non-hydrogen) atoms. The highest BCUT2D eigenvalue weighted by Gasteiger charge is 2.18. The van der Waals surface area contributed by atoms with Gasteiger partial charge in [-0.3, -0.25) is 0 Å². The van der Waals surface area contributed by atoms with E-state index in [1.165, 1.54) is 6.08 Å². The minimum absolute atomic E-state index is 0.00409. The fourth-order valence-corrected chi connectivity index (χ4v) is 2.57. The minimum atomic E-state index is -0.484. The lowest BCUT2D eigenvalue weighted by atomic mass is 10.2. The molecule has 0 aliphatic carbocycles. The van der Waals surface area contributed by atoms with E-state index in [0.717, 1.165) is 25.0 Å². The lowest BCUT2D eigenvalue weighted by molar-refractivity contribution is -0.128. The molecule has 1 aliphatic rings. The number of hydrogen-bond acceptors (Lipinski definition) is 5. The van der Waals surface area contributed by atoms with E-state index in [2.05, 4.69) is 0 Å². The lowest BCUT2D eigenvalue weighted by Gasteiger charge is -2.10. The molecule has 3 rings (SSSR count). The van der Waals surface area contributed by atoms with Crippen LogP contribution in [-0.4, -0.2) is 31.3 Å². The van der Waals surface area contributed by atoms with Crippen molar-refractivity contribution in [3.05, 3.63) is 71.8 Å². The van der Waals surface area contributed by atoms with Crippen LogP contribution in [0.3, 0.4) is 0 Å². The van der Waals surface area contributed by atoms with Crippen LogP contribution >= 0.6 is 0 Å². The first-order chi connectivity index (χ1) is 12.7. The molecule has 0 spiro atoms. The normalized spacial score (nSPS) is 16.5. The van der Waals surface area contributed by atoms with Crippen molar-refractivity contribution in [2.45, 2.75) is 18.9 Å². The van der Waals surface area contributed by atoms with Crippen LogP contribution in [0, 0.1) is 0 Å². The van der Waals surface area contributed by atoms with Gasteiger partial charge in [0.15, 0.2) is 0 Å². The van der Waals surface area contributed by atoms with Gasteiger partial charge >= 0.3 is 11.9 Å². The molecule has 5 heteroatoms. The van der Waals surface area contributed by atoms with E-state index in [0.29, 0.717) is 11.3 Å². The zero-order chi connectivity index (χ0) is 18.2. The van der Waals surface area contributed by atoms with E-state index in [-0.39, 0.29) is 12.7 Å². The molecule has 0 radical (unpaired) electrons. The van der Waals surface area contributed by atoms with Gasteiger partial charge in [0.2, 0.25) is 0 Å². The number of ether oxygens (including phenoxy) is 3. The third-order valence-electron chi connectivity index (χ3n) is 3.94. The number of carbonyl (C=O) groups excluding carboxylic acids is 2. The van der Waals surface area contributed by atoms with Crippen molar-refractivity contribution in [2.24, 2.45) is 0 Å². The standard InChI is InChI=1S/C21H20O5/c22-20(13-8-16-5-2-1-3-6-16)26-18-11-9-17(10-12-18)21(23)25-15-19-7-4-14-24-19/h1-3,5-6,8-13,19H,4,7,14-15H2/b13-8+. The van der Waals surface area contributed by atoms with Crippen molar-refractivity contribution in [3.8, 4) is 5.75 Å². The van der Waals surface area contributed by atoms with Gasteiger partial charge in [-0.15, -0.1) is 0 Å². The monoisotopic (exact) mass is 352 g/mol. The number of hydrogen-bond donors (Lipinski definition) is 0. The van der Waals surface area contributed by atoms with Crippen molar-refractivity contribution in [1.82, 2.24) is 0 Å². The van der Waals surface area contributed by atoms with E-state index in [4.69, 9.17) is 14.2 Å². The van der Waals surface area contributed by atoms with Gasteiger partial charge in [0, 0.05) is 12.7 Å². The molecule has 1 aliphatic heterocycles. The Hall–Kier alpha value is -2.92. The Morgan fingerprint density at radius 1 is 1.08 bits per heavy atom. The highest BCUT2D eigenvalue weighted by Crippen LogP contribution is 2.16. The molecule has 1 fully saturated rings. The van der Waals surface area contributed by atoms with E-state index in [1.807, 2.05) is 30.3 Å². The van der Waals surface area contributed by atoms with Crippen molar-refractivity contribution in [1.29, 1.82) is 0 Å². The summed E-state index contributed by atoms with van der Waals surface area (Å²) in [6.45, 7) is 0.987. The SMILES string of the molecule is O=C(/C=C/c1ccccc1)Oc1ccc(C(=O)OCC2CCCO2)cc1. The zero-order valence-electron chi connectivity index (χ0n) is 14.3.